The highest BCUT2D eigenvalue weighted by Gasteiger charge is 1.99. The first-order valence-electron chi connectivity index (χ1n) is 5.16. The minimum absolute atomic E-state index is 1.08. The molecule has 14 heavy (non-hydrogen) atoms. The van der Waals surface area contributed by atoms with Gasteiger partial charge in [0.25, 0.3) is 0 Å². The van der Waals surface area contributed by atoms with E-state index in [-0.39, 0.29) is 0 Å². The van der Waals surface area contributed by atoms with Crippen LogP contribution in [0, 0.1) is 6.92 Å². The molecule has 2 heteroatoms. The summed E-state index contributed by atoms with van der Waals surface area (Å²) in [5, 5.41) is 3.16. The zero-order chi connectivity index (χ0) is 10.4. The first kappa shape index (κ1) is 11.1. The first-order valence-corrected chi connectivity index (χ1v) is 5.16. The van der Waals surface area contributed by atoms with Crippen molar-refractivity contribution in [1.82, 2.24) is 5.32 Å². The molecule has 1 aromatic carbocycles. The summed E-state index contributed by atoms with van der Waals surface area (Å²) < 4.78 is 0. The monoisotopic (exact) mass is 192 g/mol. The molecule has 0 saturated carbocycles. The van der Waals surface area contributed by atoms with E-state index in [4.69, 9.17) is 0 Å². The highest BCUT2D eigenvalue weighted by Crippen LogP contribution is 2.13. The highest BCUT2D eigenvalue weighted by molar-refractivity contribution is 5.47. The summed E-state index contributed by atoms with van der Waals surface area (Å²) in [6.07, 6.45) is 1.18. The normalized spacial score (nSPS) is 10.2. The zero-order valence-corrected chi connectivity index (χ0v) is 9.38. The molecule has 0 aliphatic rings. The number of anilines is 1. The number of rotatable bonds is 5. The molecule has 0 saturated heterocycles. The van der Waals surface area contributed by atoms with Gasteiger partial charge < -0.3 is 10.2 Å². The average Bonchev–Trinajstić information content (AvgIpc) is 2.18. The number of nitrogens with zero attached hydrogens (tertiary/aromatic N) is 1. The van der Waals surface area contributed by atoms with E-state index < -0.39 is 0 Å². The summed E-state index contributed by atoms with van der Waals surface area (Å²) in [6.45, 7) is 4.31. The van der Waals surface area contributed by atoms with Crippen molar-refractivity contribution in [3.8, 4) is 0 Å². The fraction of sp³-hybridized carbons (Fsp3) is 0.500. The van der Waals surface area contributed by atoms with Crippen LogP contribution in [-0.2, 0) is 0 Å². The van der Waals surface area contributed by atoms with Crippen LogP contribution in [0.5, 0.6) is 0 Å². The molecule has 1 aromatic rings. The minimum Gasteiger partial charge on any atom is -0.375 e. The van der Waals surface area contributed by atoms with E-state index in [1.165, 1.54) is 17.7 Å². The van der Waals surface area contributed by atoms with Gasteiger partial charge in [0.2, 0.25) is 0 Å². The molecule has 0 heterocycles. The second-order valence-electron chi connectivity index (χ2n) is 3.72. The van der Waals surface area contributed by atoms with E-state index >= 15 is 0 Å². The van der Waals surface area contributed by atoms with Gasteiger partial charge in [-0.2, -0.15) is 0 Å². The molecule has 1 N–H and O–H groups in total. The third kappa shape index (κ3) is 3.38. The Morgan fingerprint density at radius 3 is 2.79 bits per heavy atom. The fourth-order valence-corrected chi connectivity index (χ4v) is 1.49. The molecule has 1 rings (SSSR count). The predicted molar refractivity (Wildman–Crippen MR) is 63.0 cm³/mol. The molecule has 0 aliphatic heterocycles. The van der Waals surface area contributed by atoms with Crippen molar-refractivity contribution < 1.29 is 0 Å². The van der Waals surface area contributed by atoms with Gasteiger partial charge in [-0.15, -0.1) is 0 Å². The number of nitrogens with one attached hydrogen (secondary N) is 1. The molecule has 0 bridgehead atoms. The van der Waals surface area contributed by atoms with Crippen LogP contribution in [0.4, 0.5) is 5.69 Å². The molecule has 0 amide bonds. The van der Waals surface area contributed by atoms with Gasteiger partial charge in [-0.3, -0.25) is 0 Å². The van der Waals surface area contributed by atoms with Gasteiger partial charge in [0.05, 0.1) is 0 Å². The largest absolute Gasteiger partial charge is 0.375 e. The number of hydrogen-bond acceptors (Lipinski definition) is 2. The van der Waals surface area contributed by atoms with E-state index in [0.29, 0.717) is 0 Å². The Morgan fingerprint density at radius 2 is 2.14 bits per heavy atom. The molecule has 0 fully saturated rings. The smallest absolute Gasteiger partial charge is 0.0366 e. The topological polar surface area (TPSA) is 15.3 Å². The minimum atomic E-state index is 1.08. The van der Waals surface area contributed by atoms with Gasteiger partial charge in [-0.05, 0) is 44.6 Å². The van der Waals surface area contributed by atoms with E-state index in [1.54, 1.807) is 0 Å². The van der Waals surface area contributed by atoms with Crippen molar-refractivity contribution in [2.45, 2.75) is 13.3 Å². The molecule has 2 nitrogen and oxygen atoms in total. The molecular formula is C12H20N2. The average molecular weight is 192 g/mol. The predicted octanol–water partition coefficient (Wildman–Crippen LogP) is 2.04. The van der Waals surface area contributed by atoms with Crippen molar-refractivity contribution in [3.05, 3.63) is 29.8 Å². The Morgan fingerprint density at radius 1 is 1.36 bits per heavy atom. The van der Waals surface area contributed by atoms with E-state index in [9.17, 15) is 0 Å². The molecule has 0 aromatic heterocycles. The van der Waals surface area contributed by atoms with Crippen LogP contribution < -0.4 is 10.2 Å². The molecule has 78 valence electrons. The Bertz CT molecular complexity index is 271. The number of aryl methyl sites for hydroxylation is 1. The lowest BCUT2D eigenvalue weighted by Gasteiger charge is -2.19. The van der Waals surface area contributed by atoms with Gasteiger partial charge in [-0.1, -0.05) is 12.1 Å². The summed E-state index contributed by atoms with van der Waals surface area (Å²) in [5.41, 5.74) is 2.63. The van der Waals surface area contributed by atoms with Gasteiger partial charge in [0.15, 0.2) is 0 Å². The maximum Gasteiger partial charge on any atom is 0.0366 e. The summed E-state index contributed by atoms with van der Waals surface area (Å²) in [4.78, 5) is 2.30. The first-order chi connectivity index (χ1) is 6.74. The standard InChI is InChI=1S/C12H20N2/c1-11-6-4-7-12(10-11)14(3)9-5-8-13-2/h4,6-7,10,13H,5,8-9H2,1-3H3. The zero-order valence-electron chi connectivity index (χ0n) is 9.38. The van der Waals surface area contributed by atoms with Gasteiger partial charge >= 0.3 is 0 Å². The summed E-state index contributed by atoms with van der Waals surface area (Å²) >= 11 is 0. The van der Waals surface area contributed by atoms with Gasteiger partial charge in [0, 0.05) is 19.3 Å². The Hall–Kier alpha value is -1.02. The molecule has 0 unspecified atom stereocenters. The number of hydrogen-bond donors (Lipinski definition) is 1. The second kappa shape index (κ2) is 5.66. The molecule has 0 atom stereocenters. The fourth-order valence-electron chi connectivity index (χ4n) is 1.49. The molecular weight excluding hydrogens is 172 g/mol. The Kier molecular flexibility index (Phi) is 4.47. The molecule has 0 aliphatic carbocycles. The third-order valence-corrected chi connectivity index (χ3v) is 2.36. The summed E-state index contributed by atoms with van der Waals surface area (Å²) in [5.74, 6) is 0. The van der Waals surface area contributed by atoms with Crippen LogP contribution in [0.25, 0.3) is 0 Å². The van der Waals surface area contributed by atoms with E-state index in [2.05, 4.69) is 48.5 Å². The van der Waals surface area contributed by atoms with Crippen molar-refractivity contribution in [1.29, 1.82) is 0 Å². The van der Waals surface area contributed by atoms with Crippen LogP contribution in [0.3, 0.4) is 0 Å². The van der Waals surface area contributed by atoms with Crippen molar-refractivity contribution in [2.75, 3.05) is 32.1 Å². The number of benzene rings is 1. The lowest BCUT2D eigenvalue weighted by molar-refractivity contribution is 0.713. The van der Waals surface area contributed by atoms with Crippen molar-refractivity contribution in [3.63, 3.8) is 0 Å². The van der Waals surface area contributed by atoms with Crippen LogP contribution in [0.2, 0.25) is 0 Å². The van der Waals surface area contributed by atoms with E-state index in [1.807, 2.05) is 7.05 Å². The second-order valence-corrected chi connectivity index (χ2v) is 3.72. The van der Waals surface area contributed by atoms with Gasteiger partial charge in [-0.25, -0.2) is 0 Å². The maximum atomic E-state index is 3.16. The quantitative estimate of drug-likeness (QED) is 0.718. The van der Waals surface area contributed by atoms with E-state index in [0.717, 1.165) is 13.1 Å². The lowest BCUT2D eigenvalue weighted by Crippen LogP contribution is -2.22. The van der Waals surface area contributed by atoms with Crippen LogP contribution >= 0.6 is 0 Å². The molecule has 0 radical (unpaired) electrons. The summed E-state index contributed by atoms with van der Waals surface area (Å²) in [7, 11) is 4.14. The van der Waals surface area contributed by atoms with Crippen LogP contribution in [-0.4, -0.2) is 27.2 Å². The highest BCUT2D eigenvalue weighted by atomic mass is 15.1. The Labute approximate surface area is 86.9 Å². The van der Waals surface area contributed by atoms with Crippen LogP contribution in [0.15, 0.2) is 24.3 Å². The maximum absolute atomic E-state index is 3.16. The SMILES string of the molecule is CNCCCN(C)c1cccc(C)c1. The van der Waals surface area contributed by atoms with Crippen molar-refractivity contribution >= 4 is 5.69 Å². The van der Waals surface area contributed by atoms with Crippen molar-refractivity contribution in [2.24, 2.45) is 0 Å². The van der Waals surface area contributed by atoms with Gasteiger partial charge in [0.1, 0.15) is 0 Å². The lowest BCUT2D eigenvalue weighted by atomic mass is 10.2. The molecule has 0 spiro atoms. The summed E-state index contributed by atoms with van der Waals surface area (Å²) in [6, 6.07) is 8.62. The third-order valence-electron chi connectivity index (χ3n) is 2.36. The Balaban J connectivity index is 2.47. The van der Waals surface area contributed by atoms with Crippen LogP contribution in [0.1, 0.15) is 12.0 Å².